The van der Waals surface area contributed by atoms with Crippen LogP contribution in [0.3, 0.4) is 0 Å². The SMILES string of the molecule is CC1(c2cccc(N[O-])c2)OCCO1. The van der Waals surface area contributed by atoms with Gasteiger partial charge in [-0.25, -0.2) is 0 Å². The van der Waals surface area contributed by atoms with E-state index in [1.54, 1.807) is 18.2 Å². The monoisotopic (exact) mass is 194 g/mol. The van der Waals surface area contributed by atoms with Crippen molar-refractivity contribution >= 4 is 5.69 Å². The Morgan fingerprint density at radius 1 is 1.36 bits per heavy atom. The molecule has 76 valence electrons. The summed E-state index contributed by atoms with van der Waals surface area (Å²) in [6.45, 7) is 3.03. The second kappa shape index (κ2) is 3.57. The van der Waals surface area contributed by atoms with Gasteiger partial charge in [0.05, 0.1) is 13.2 Å². The number of anilines is 1. The summed E-state index contributed by atoms with van der Waals surface area (Å²) in [5.41, 5.74) is 3.22. The smallest absolute Gasteiger partial charge is 0.192 e. The second-order valence-corrected chi connectivity index (χ2v) is 3.33. The Morgan fingerprint density at radius 2 is 2.07 bits per heavy atom. The van der Waals surface area contributed by atoms with Gasteiger partial charge in [0.2, 0.25) is 0 Å². The highest BCUT2D eigenvalue weighted by molar-refractivity contribution is 5.47. The van der Waals surface area contributed by atoms with Crippen molar-refractivity contribution in [1.29, 1.82) is 0 Å². The molecule has 1 aromatic rings. The Labute approximate surface area is 82.4 Å². The number of nitrogens with one attached hydrogen (secondary N) is 1. The van der Waals surface area contributed by atoms with Crippen LogP contribution >= 0.6 is 0 Å². The van der Waals surface area contributed by atoms with Crippen molar-refractivity contribution < 1.29 is 9.47 Å². The average molecular weight is 194 g/mol. The molecule has 14 heavy (non-hydrogen) atoms. The molecule has 1 N–H and O–H groups in total. The van der Waals surface area contributed by atoms with E-state index in [0.29, 0.717) is 18.9 Å². The Balaban J connectivity index is 2.30. The summed E-state index contributed by atoms with van der Waals surface area (Å²) in [6, 6.07) is 7.12. The molecule has 1 aromatic carbocycles. The van der Waals surface area contributed by atoms with Crippen LogP contribution in [0.15, 0.2) is 24.3 Å². The van der Waals surface area contributed by atoms with Crippen LogP contribution in [0.5, 0.6) is 0 Å². The molecule has 0 atom stereocenters. The fourth-order valence-electron chi connectivity index (χ4n) is 1.55. The number of benzene rings is 1. The van der Waals surface area contributed by atoms with E-state index in [1.165, 1.54) is 0 Å². The molecule has 4 heteroatoms. The second-order valence-electron chi connectivity index (χ2n) is 3.33. The zero-order chi connectivity index (χ0) is 10.0. The maximum atomic E-state index is 10.5. The van der Waals surface area contributed by atoms with Crippen molar-refractivity contribution in [1.82, 2.24) is 0 Å². The van der Waals surface area contributed by atoms with Crippen LogP contribution in [-0.4, -0.2) is 13.2 Å². The van der Waals surface area contributed by atoms with Gasteiger partial charge in [-0.1, -0.05) is 12.1 Å². The molecule has 1 fully saturated rings. The van der Waals surface area contributed by atoms with Crippen molar-refractivity contribution in [2.75, 3.05) is 18.7 Å². The molecule has 0 aromatic heterocycles. The van der Waals surface area contributed by atoms with Crippen molar-refractivity contribution in [2.45, 2.75) is 12.7 Å². The average Bonchev–Trinajstić information content (AvgIpc) is 2.67. The molecule has 2 rings (SSSR count). The number of hydrogen-bond donors (Lipinski definition) is 1. The highest BCUT2D eigenvalue weighted by Crippen LogP contribution is 2.31. The lowest BCUT2D eigenvalue weighted by Crippen LogP contribution is -2.22. The van der Waals surface area contributed by atoms with E-state index < -0.39 is 5.79 Å². The third kappa shape index (κ3) is 1.59. The number of hydrogen-bond acceptors (Lipinski definition) is 4. The molecule has 0 radical (unpaired) electrons. The molecule has 1 heterocycles. The molecular weight excluding hydrogens is 182 g/mol. The summed E-state index contributed by atoms with van der Waals surface area (Å²) in [5, 5.41) is 10.5. The van der Waals surface area contributed by atoms with E-state index in [2.05, 4.69) is 0 Å². The Bertz CT molecular complexity index is 321. The summed E-state index contributed by atoms with van der Waals surface area (Å²) < 4.78 is 10.9. The van der Waals surface area contributed by atoms with Crippen LogP contribution in [0.1, 0.15) is 12.5 Å². The predicted molar refractivity (Wildman–Crippen MR) is 52.7 cm³/mol. The molecular formula is C10H12NO3-. The van der Waals surface area contributed by atoms with Crippen LogP contribution < -0.4 is 5.48 Å². The molecule has 1 aliphatic heterocycles. The van der Waals surface area contributed by atoms with Gasteiger partial charge in [-0.2, -0.15) is 0 Å². The van der Waals surface area contributed by atoms with Gasteiger partial charge >= 0.3 is 0 Å². The highest BCUT2D eigenvalue weighted by Gasteiger charge is 2.32. The van der Waals surface area contributed by atoms with Crippen molar-refractivity contribution in [3.05, 3.63) is 35.0 Å². The van der Waals surface area contributed by atoms with Gasteiger partial charge in [-0.05, 0) is 19.1 Å². The molecule has 0 bridgehead atoms. The van der Waals surface area contributed by atoms with Crippen molar-refractivity contribution in [3.63, 3.8) is 0 Å². The first-order valence-electron chi connectivity index (χ1n) is 4.51. The first-order chi connectivity index (χ1) is 6.74. The summed E-state index contributed by atoms with van der Waals surface area (Å²) in [4.78, 5) is 0. The summed E-state index contributed by atoms with van der Waals surface area (Å²) >= 11 is 0. The minimum absolute atomic E-state index is 0.517. The van der Waals surface area contributed by atoms with Gasteiger partial charge in [-0.3, -0.25) is 0 Å². The summed E-state index contributed by atoms with van der Waals surface area (Å²) in [6.07, 6.45) is 0. The van der Waals surface area contributed by atoms with E-state index in [9.17, 15) is 5.21 Å². The predicted octanol–water partition coefficient (Wildman–Crippen LogP) is 1.82. The number of ether oxygens (including phenoxy) is 2. The fraction of sp³-hybridized carbons (Fsp3) is 0.400. The molecule has 0 spiro atoms. The molecule has 1 saturated heterocycles. The van der Waals surface area contributed by atoms with E-state index in [0.717, 1.165) is 5.56 Å². The van der Waals surface area contributed by atoms with Crippen LogP contribution in [0, 0.1) is 5.21 Å². The van der Waals surface area contributed by atoms with Gasteiger partial charge in [0.15, 0.2) is 5.79 Å². The maximum Gasteiger partial charge on any atom is 0.192 e. The third-order valence-corrected chi connectivity index (χ3v) is 2.34. The quantitative estimate of drug-likeness (QED) is 0.729. The maximum absolute atomic E-state index is 10.5. The van der Waals surface area contributed by atoms with Gasteiger partial charge in [0, 0.05) is 11.3 Å². The van der Waals surface area contributed by atoms with E-state index in [4.69, 9.17) is 9.47 Å². The van der Waals surface area contributed by atoms with Crippen LogP contribution in [-0.2, 0) is 15.3 Å². The zero-order valence-electron chi connectivity index (χ0n) is 7.95. The van der Waals surface area contributed by atoms with Crippen LogP contribution in [0.2, 0.25) is 0 Å². The summed E-state index contributed by atoms with van der Waals surface area (Å²) in [5.74, 6) is -0.702. The first kappa shape index (κ1) is 9.45. The molecule has 0 aliphatic carbocycles. The lowest BCUT2D eigenvalue weighted by molar-refractivity contribution is -0.149. The minimum Gasteiger partial charge on any atom is -0.761 e. The standard InChI is InChI=1S/C10H12NO3/c1-10(13-5-6-14-10)8-3-2-4-9(7-8)11-12/h2-4,7,11H,5-6H2,1H3/q-1. The van der Waals surface area contributed by atoms with E-state index in [-0.39, 0.29) is 0 Å². The Kier molecular flexibility index (Phi) is 2.41. The first-order valence-corrected chi connectivity index (χ1v) is 4.51. The van der Waals surface area contributed by atoms with Gasteiger partial charge in [0.25, 0.3) is 0 Å². The van der Waals surface area contributed by atoms with E-state index >= 15 is 0 Å². The normalized spacial score (nSPS) is 19.6. The molecule has 1 aliphatic rings. The summed E-state index contributed by atoms with van der Waals surface area (Å²) in [7, 11) is 0. The molecule has 0 amide bonds. The van der Waals surface area contributed by atoms with Gasteiger partial charge in [-0.15, -0.1) is 0 Å². The molecule has 4 nitrogen and oxygen atoms in total. The molecule has 0 saturated carbocycles. The van der Waals surface area contributed by atoms with Crippen molar-refractivity contribution in [3.8, 4) is 0 Å². The fourth-order valence-corrected chi connectivity index (χ4v) is 1.55. The van der Waals surface area contributed by atoms with E-state index in [1.807, 2.05) is 18.5 Å². The lowest BCUT2D eigenvalue weighted by atomic mass is 10.1. The van der Waals surface area contributed by atoms with Gasteiger partial charge < -0.3 is 20.2 Å². The van der Waals surface area contributed by atoms with Crippen molar-refractivity contribution in [2.24, 2.45) is 0 Å². The highest BCUT2D eigenvalue weighted by atomic mass is 16.7. The Hall–Kier alpha value is -1.10. The Morgan fingerprint density at radius 3 is 2.71 bits per heavy atom. The topological polar surface area (TPSA) is 53.5 Å². The van der Waals surface area contributed by atoms with Crippen LogP contribution in [0.25, 0.3) is 0 Å². The lowest BCUT2D eigenvalue weighted by Gasteiger charge is -2.23. The zero-order valence-corrected chi connectivity index (χ0v) is 7.95. The molecule has 0 unspecified atom stereocenters. The minimum atomic E-state index is -0.702. The third-order valence-electron chi connectivity index (χ3n) is 2.34. The number of rotatable bonds is 2. The van der Waals surface area contributed by atoms with Gasteiger partial charge in [0.1, 0.15) is 0 Å². The van der Waals surface area contributed by atoms with Crippen LogP contribution in [0.4, 0.5) is 5.69 Å². The largest absolute Gasteiger partial charge is 0.761 e.